The van der Waals surface area contributed by atoms with Gasteiger partial charge in [-0.1, -0.05) is 19.3 Å². The fourth-order valence-corrected chi connectivity index (χ4v) is 3.92. The van der Waals surface area contributed by atoms with Crippen molar-refractivity contribution in [2.75, 3.05) is 11.5 Å². The lowest BCUT2D eigenvalue weighted by molar-refractivity contribution is 0.348. The summed E-state index contributed by atoms with van der Waals surface area (Å²) in [5, 5.41) is 13.0. The molecule has 3 heteroatoms. The summed E-state index contributed by atoms with van der Waals surface area (Å²) in [6.45, 7) is 0. The predicted octanol–water partition coefficient (Wildman–Crippen LogP) is 2.94. The lowest BCUT2D eigenvalue weighted by Gasteiger charge is -2.29. The van der Waals surface area contributed by atoms with Crippen molar-refractivity contribution in [3.05, 3.63) is 0 Å². The molecule has 0 radical (unpaired) electrons. The smallest absolute Gasteiger partial charge is 0.0672 e. The summed E-state index contributed by atoms with van der Waals surface area (Å²) >= 11 is 2.06. The van der Waals surface area contributed by atoms with E-state index in [-0.39, 0.29) is 5.92 Å². The van der Waals surface area contributed by atoms with E-state index in [4.69, 9.17) is 0 Å². The Kier molecular flexibility index (Phi) is 4.99. The zero-order valence-corrected chi connectivity index (χ0v) is 10.8. The molecule has 1 heterocycles. The summed E-state index contributed by atoms with van der Waals surface area (Å²) in [4.78, 5) is 0. The number of nitrogens with zero attached hydrogens (tertiary/aromatic N) is 1. The van der Waals surface area contributed by atoms with Gasteiger partial charge in [-0.25, -0.2) is 0 Å². The zero-order valence-electron chi connectivity index (χ0n) is 9.95. The van der Waals surface area contributed by atoms with E-state index in [2.05, 4.69) is 23.1 Å². The first-order valence-corrected chi connectivity index (χ1v) is 7.79. The van der Waals surface area contributed by atoms with Gasteiger partial charge in [0.15, 0.2) is 0 Å². The number of nitrogens with one attached hydrogen (secondary N) is 1. The Labute approximate surface area is 103 Å². The van der Waals surface area contributed by atoms with Crippen LogP contribution in [0.2, 0.25) is 0 Å². The highest BCUT2D eigenvalue weighted by atomic mass is 32.2. The Morgan fingerprint density at radius 3 is 2.69 bits per heavy atom. The minimum atomic E-state index is 0.259. The molecule has 16 heavy (non-hydrogen) atoms. The normalized spacial score (nSPS) is 36.3. The second kappa shape index (κ2) is 6.51. The fourth-order valence-electron chi connectivity index (χ4n) is 2.84. The minimum absolute atomic E-state index is 0.259. The molecule has 2 rings (SSSR count). The molecule has 1 aliphatic carbocycles. The molecular formula is C13H22N2S. The molecule has 2 fully saturated rings. The Hall–Kier alpha value is -0.200. The fraction of sp³-hybridized carbons (Fsp3) is 0.923. The van der Waals surface area contributed by atoms with Crippen LogP contribution < -0.4 is 5.32 Å². The molecule has 0 aromatic heterocycles. The van der Waals surface area contributed by atoms with E-state index >= 15 is 0 Å². The molecule has 1 saturated carbocycles. The number of rotatable bonds is 2. The maximum atomic E-state index is 9.22. The molecule has 2 aliphatic rings. The SMILES string of the molecule is N#CC1CCCCCC1NC1CCCSC1. The van der Waals surface area contributed by atoms with Crippen molar-refractivity contribution in [1.82, 2.24) is 5.32 Å². The molecule has 1 aliphatic heterocycles. The third-order valence-electron chi connectivity index (χ3n) is 3.79. The van der Waals surface area contributed by atoms with E-state index in [1.165, 1.54) is 50.0 Å². The first-order chi connectivity index (χ1) is 7.90. The molecule has 2 nitrogen and oxygen atoms in total. The van der Waals surface area contributed by atoms with E-state index in [9.17, 15) is 5.26 Å². The molecule has 90 valence electrons. The summed E-state index contributed by atoms with van der Waals surface area (Å²) in [6.07, 6.45) is 8.82. The van der Waals surface area contributed by atoms with Crippen LogP contribution in [0.15, 0.2) is 0 Å². The van der Waals surface area contributed by atoms with Crippen LogP contribution in [0.5, 0.6) is 0 Å². The van der Waals surface area contributed by atoms with Crippen LogP contribution in [-0.4, -0.2) is 23.6 Å². The number of hydrogen-bond donors (Lipinski definition) is 1. The van der Waals surface area contributed by atoms with Gasteiger partial charge < -0.3 is 5.32 Å². The Morgan fingerprint density at radius 2 is 1.94 bits per heavy atom. The maximum absolute atomic E-state index is 9.22. The van der Waals surface area contributed by atoms with Crippen LogP contribution in [0.25, 0.3) is 0 Å². The highest BCUT2D eigenvalue weighted by molar-refractivity contribution is 7.99. The number of hydrogen-bond acceptors (Lipinski definition) is 3. The van der Waals surface area contributed by atoms with Crippen molar-refractivity contribution in [2.45, 2.75) is 57.0 Å². The van der Waals surface area contributed by atoms with Crippen molar-refractivity contribution < 1.29 is 0 Å². The van der Waals surface area contributed by atoms with E-state index in [0.29, 0.717) is 12.1 Å². The molecule has 0 bridgehead atoms. The highest BCUT2D eigenvalue weighted by Gasteiger charge is 2.26. The van der Waals surface area contributed by atoms with Gasteiger partial charge in [0.05, 0.1) is 12.0 Å². The topological polar surface area (TPSA) is 35.8 Å². The lowest BCUT2D eigenvalue weighted by atomic mass is 9.95. The third kappa shape index (κ3) is 3.40. The maximum Gasteiger partial charge on any atom is 0.0672 e. The van der Waals surface area contributed by atoms with Gasteiger partial charge in [0.1, 0.15) is 0 Å². The predicted molar refractivity (Wildman–Crippen MR) is 69.5 cm³/mol. The van der Waals surface area contributed by atoms with Gasteiger partial charge in [0, 0.05) is 17.8 Å². The van der Waals surface area contributed by atoms with Crippen molar-refractivity contribution in [3.8, 4) is 6.07 Å². The van der Waals surface area contributed by atoms with Crippen LogP contribution in [-0.2, 0) is 0 Å². The van der Waals surface area contributed by atoms with Gasteiger partial charge in [0.2, 0.25) is 0 Å². The highest BCUT2D eigenvalue weighted by Crippen LogP contribution is 2.25. The molecule has 0 aromatic carbocycles. The van der Waals surface area contributed by atoms with E-state index in [1.54, 1.807) is 0 Å². The van der Waals surface area contributed by atoms with Crippen LogP contribution in [0.1, 0.15) is 44.9 Å². The lowest BCUT2D eigenvalue weighted by Crippen LogP contribution is -2.44. The van der Waals surface area contributed by atoms with Crippen molar-refractivity contribution >= 4 is 11.8 Å². The molecular weight excluding hydrogens is 216 g/mol. The van der Waals surface area contributed by atoms with Crippen molar-refractivity contribution in [3.63, 3.8) is 0 Å². The largest absolute Gasteiger partial charge is 0.309 e. The Bertz CT molecular complexity index is 243. The zero-order chi connectivity index (χ0) is 11.2. The number of nitriles is 1. The van der Waals surface area contributed by atoms with Gasteiger partial charge in [-0.15, -0.1) is 0 Å². The van der Waals surface area contributed by atoms with Crippen molar-refractivity contribution in [2.24, 2.45) is 5.92 Å². The van der Waals surface area contributed by atoms with Gasteiger partial charge in [-0.3, -0.25) is 0 Å². The second-order valence-electron chi connectivity index (χ2n) is 5.06. The molecule has 0 spiro atoms. The van der Waals surface area contributed by atoms with Gasteiger partial charge in [-0.05, 0) is 31.4 Å². The van der Waals surface area contributed by atoms with Crippen LogP contribution in [0, 0.1) is 17.2 Å². The average molecular weight is 238 g/mol. The van der Waals surface area contributed by atoms with Crippen molar-refractivity contribution in [1.29, 1.82) is 5.26 Å². The standard InChI is InChI=1S/C13H22N2S/c14-9-11-5-2-1-3-7-13(11)15-12-6-4-8-16-10-12/h11-13,15H,1-8,10H2. The van der Waals surface area contributed by atoms with E-state index in [1.807, 2.05) is 0 Å². The Morgan fingerprint density at radius 1 is 1.06 bits per heavy atom. The Balaban J connectivity index is 1.87. The van der Waals surface area contributed by atoms with Crippen LogP contribution in [0.4, 0.5) is 0 Å². The average Bonchev–Trinajstić information content (AvgIpc) is 2.55. The molecule has 0 amide bonds. The molecule has 0 aromatic rings. The van der Waals surface area contributed by atoms with Crippen LogP contribution in [0.3, 0.4) is 0 Å². The van der Waals surface area contributed by atoms with Gasteiger partial charge in [0.25, 0.3) is 0 Å². The first-order valence-electron chi connectivity index (χ1n) is 6.63. The van der Waals surface area contributed by atoms with Gasteiger partial charge in [-0.2, -0.15) is 17.0 Å². The summed E-state index contributed by atoms with van der Waals surface area (Å²) in [7, 11) is 0. The van der Waals surface area contributed by atoms with E-state index < -0.39 is 0 Å². The number of thioether (sulfide) groups is 1. The quantitative estimate of drug-likeness (QED) is 0.751. The summed E-state index contributed by atoms with van der Waals surface area (Å²) in [5.41, 5.74) is 0. The summed E-state index contributed by atoms with van der Waals surface area (Å²) in [6, 6.07) is 3.65. The molecule has 1 saturated heterocycles. The van der Waals surface area contributed by atoms with Gasteiger partial charge >= 0.3 is 0 Å². The monoisotopic (exact) mass is 238 g/mol. The third-order valence-corrected chi connectivity index (χ3v) is 5.01. The minimum Gasteiger partial charge on any atom is -0.309 e. The summed E-state index contributed by atoms with van der Waals surface area (Å²) < 4.78 is 0. The van der Waals surface area contributed by atoms with Crippen LogP contribution >= 0.6 is 11.8 Å². The molecule has 3 unspecified atom stereocenters. The molecule has 1 N–H and O–H groups in total. The summed E-state index contributed by atoms with van der Waals surface area (Å²) in [5.74, 6) is 2.83. The molecule has 3 atom stereocenters. The second-order valence-corrected chi connectivity index (χ2v) is 6.21. The first kappa shape index (κ1) is 12.3. The van der Waals surface area contributed by atoms with E-state index in [0.717, 1.165) is 6.42 Å².